The van der Waals surface area contributed by atoms with Gasteiger partial charge in [0, 0.05) is 22.2 Å². The normalized spacial score (nSPS) is 13.3. The van der Waals surface area contributed by atoms with Crippen LogP contribution in [-0.2, 0) is 4.74 Å². The number of benzene rings is 1. The summed E-state index contributed by atoms with van der Waals surface area (Å²) in [5, 5.41) is 4.91. The predicted molar refractivity (Wildman–Crippen MR) is 83.9 cm³/mol. The highest BCUT2D eigenvalue weighted by atomic mass is 32.1. The van der Waals surface area contributed by atoms with Crippen LogP contribution < -0.4 is 5.32 Å². The first-order valence-corrected chi connectivity index (χ1v) is 7.82. The van der Waals surface area contributed by atoms with Gasteiger partial charge in [0.05, 0.1) is 6.10 Å². The summed E-state index contributed by atoms with van der Waals surface area (Å²) in [7, 11) is 0. The van der Waals surface area contributed by atoms with E-state index >= 15 is 0 Å². The van der Waals surface area contributed by atoms with Crippen LogP contribution >= 0.6 is 11.3 Å². The van der Waals surface area contributed by atoms with E-state index in [4.69, 9.17) is 4.74 Å². The van der Waals surface area contributed by atoms with Crippen molar-refractivity contribution in [2.75, 3.05) is 13.2 Å². The molecule has 0 fully saturated rings. The van der Waals surface area contributed by atoms with Gasteiger partial charge in [-0.3, -0.25) is 0 Å². The van der Waals surface area contributed by atoms with E-state index < -0.39 is 0 Å². The molecule has 1 N–H and O–H groups in total. The zero-order chi connectivity index (χ0) is 13.7. The number of rotatable bonds is 7. The van der Waals surface area contributed by atoms with E-state index in [2.05, 4.69) is 56.4 Å². The highest BCUT2D eigenvalue weighted by Crippen LogP contribution is 2.29. The molecule has 1 unspecified atom stereocenters. The standard InChI is InChI=1S/C16H23NOS/c1-12(2)18-10-6-9-17-13(3)16-11-14-7-4-5-8-15(14)19-16/h4-5,7-8,11-13,17H,6,9-10H2,1-3H3. The molecule has 0 aliphatic carbocycles. The van der Waals surface area contributed by atoms with Crippen LogP contribution in [0.2, 0.25) is 0 Å². The number of ether oxygens (including phenoxy) is 1. The minimum Gasteiger partial charge on any atom is -0.379 e. The highest BCUT2D eigenvalue weighted by Gasteiger charge is 2.08. The SMILES string of the molecule is CC(C)OCCCNC(C)c1cc2ccccc2s1. The van der Waals surface area contributed by atoms with Crippen LogP contribution in [0.25, 0.3) is 10.1 Å². The van der Waals surface area contributed by atoms with E-state index in [1.807, 2.05) is 11.3 Å². The molecule has 3 heteroatoms. The van der Waals surface area contributed by atoms with Crippen LogP contribution in [0.5, 0.6) is 0 Å². The highest BCUT2D eigenvalue weighted by molar-refractivity contribution is 7.19. The van der Waals surface area contributed by atoms with Gasteiger partial charge in [0.2, 0.25) is 0 Å². The van der Waals surface area contributed by atoms with E-state index in [0.29, 0.717) is 12.1 Å². The summed E-state index contributed by atoms with van der Waals surface area (Å²) in [5.41, 5.74) is 0. The first kappa shape index (κ1) is 14.5. The molecule has 19 heavy (non-hydrogen) atoms. The van der Waals surface area contributed by atoms with Crippen molar-refractivity contribution >= 4 is 21.4 Å². The Labute approximate surface area is 119 Å². The van der Waals surface area contributed by atoms with Crippen LogP contribution in [0, 0.1) is 0 Å². The fourth-order valence-corrected chi connectivity index (χ4v) is 3.12. The molecule has 0 amide bonds. The van der Waals surface area contributed by atoms with Crippen LogP contribution in [0.1, 0.15) is 38.1 Å². The summed E-state index contributed by atoms with van der Waals surface area (Å²) in [5.74, 6) is 0. The van der Waals surface area contributed by atoms with Gasteiger partial charge in [-0.2, -0.15) is 0 Å². The second-order valence-electron chi connectivity index (χ2n) is 5.14. The lowest BCUT2D eigenvalue weighted by atomic mass is 10.2. The van der Waals surface area contributed by atoms with Crippen molar-refractivity contribution in [2.24, 2.45) is 0 Å². The third-order valence-corrected chi connectivity index (χ3v) is 4.39. The Morgan fingerprint density at radius 1 is 1.21 bits per heavy atom. The van der Waals surface area contributed by atoms with Gasteiger partial charge in [-0.05, 0) is 51.3 Å². The molecule has 1 heterocycles. The molecule has 2 aromatic rings. The van der Waals surface area contributed by atoms with Crippen molar-refractivity contribution in [3.05, 3.63) is 35.2 Å². The average Bonchev–Trinajstić information content (AvgIpc) is 2.81. The molecule has 2 nitrogen and oxygen atoms in total. The number of fused-ring (bicyclic) bond motifs is 1. The minimum absolute atomic E-state index is 0.333. The van der Waals surface area contributed by atoms with Crippen molar-refractivity contribution in [3.63, 3.8) is 0 Å². The third-order valence-electron chi connectivity index (χ3n) is 3.09. The summed E-state index contributed by atoms with van der Waals surface area (Å²) in [6, 6.07) is 11.3. The number of thiophene rings is 1. The van der Waals surface area contributed by atoms with E-state index in [1.165, 1.54) is 15.0 Å². The van der Waals surface area contributed by atoms with Crippen LogP contribution in [0.3, 0.4) is 0 Å². The lowest BCUT2D eigenvalue weighted by molar-refractivity contribution is 0.0768. The van der Waals surface area contributed by atoms with E-state index in [0.717, 1.165) is 19.6 Å². The molecule has 0 aliphatic heterocycles. The second kappa shape index (κ2) is 7.04. The summed E-state index contributed by atoms with van der Waals surface area (Å²) in [6.45, 7) is 8.22. The largest absolute Gasteiger partial charge is 0.379 e. The fraction of sp³-hybridized carbons (Fsp3) is 0.500. The summed E-state index contributed by atoms with van der Waals surface area (Å²) in [6.07, 6.45) is 1.40. The van der Waals surface area contributed by atoms with Gasteiger partial charge in [-0.25, -0.2) is 0 Å². The fourth-order valence-electron chi connectivity index (χ4n) is 2.03. The van der Waals surface area contributed by atoms with Crippen LogP contribution in [0.15, 0.2) is 30.3 Å². The second-order valence-corrected chi connectivity index (χ2v) is 6.25. The van der Waals surface area contributed by atoms with Crippen molar-refractivity contribution in [2.45, 2.75) is 39.3 Å². The molecule has 1 aromatic carbocycles. The number of nitrogens with one attached hydrogen (secondary N) is 1. The zero-order valence-corrected chi connectivity index (χ0v) is 12.8. The van der Waals surface area contributed by atoms with Gasteiger partial charge in [-0.15, -0.1) is 11.3 Å². The maximum Gasteiger partial charge on any atom is 0.0518 e. The van der Waals surface area contributed by atoms with Crippen molar-refractivity contribution in [1.29, 1.82) is 0 Å². The van der Waals surface area contributed by atoms with E-state index in [1.54, 1.807) is 0 Å². The van der Waals surface area contributed by atoms with Crippen LogP contribution in [0.4, 0.5) is 0 Å². The Kier molecular flexibility index (Phi) is 5.37. The average molecular weight is 277 g/mol. The number of hydrogen-bond acceptors (Lipinski definition) is 3. The quantitative estimate of drug-likeness (QED) is 0.759. The molecular formula is C16H23NOS. The first-order chi connectivity index (χ1) is 9.16. The summed E-state index contributed by atoms with van der Waals surface area (Å²) >= 11 is 1.88. The molecule has 0 saturated heterocycles. The molecule has 0 radical (unpaired) electrons. The molecule has 1 aromatic heterocycles. The molecule has 0 saturated carbocycles. The predicted octanol–water partition coefficient (Wildman–Crippen LogP) is 4.37. The van der Waals surface area contributed by atoms with Crippen molar-refractivity contribution < 1.29 is 4.74 Å². The minimum atomic E-state index is 0.333. The first-order valence-electron chi connectivity index (χ1n) is 7.00. The molecular weight excluding hydrogens is 254 g/mol. The van der Waals surface area contributed by atoms with Gasteiger partial charge >= 0.3 is 0 Å². The Bertz CT molecular complexity index is 473. The zero-order valence-electron chi connectivity index (χ0n) is 12.0. The van der Waals surface area contributed by atoms with E-state index in [-0.39, 0.29) is 0 Å². The molecule has 0 bridgehead atoms. The Morgan fingerprint density at radius 3 is 2.74 bits per heavy atom. The summed E-state index contributed by atoms with van der Waals surface area (Å²) in [4.78, 5) is 1.41. The summed E-state index contributed by atoms with van der Waals surface area (Å²) < 4.78 is 6.91. The monoisotopic (exact) mass is 277 g/mol. The third kappa shape index (κ3) is 4.30. The van der Waals surface area contributed by atoms with Crippen molar-refractivity contribution in [1.82, 2.24) is 5.32 Å². The van der Waals surface area contributed by atoms with Gasteiger partial charge in [0.25, 0.3) is 0 Å². The molecule has 104 valence electrons. The Morgan fingerprint density at radius 2 is 2.00 bits per heavy atom. The van der Waals surface area contributed by atoms with E-state index in [9.17, 15) is 0 Å². The lowest BCUT2D eigenvalue weighted by Crippen LogP contribution is -2.20. The molecule has 0 aliphatic rings. The van der Waals surface area contributed by atoms with Crippen molar-refractivity contribution in [3.8, 4) is 0 Å². The molecule has 0 spiro atoms. The maximum absolute atomic E-state index is 5.54. The van der Waals surface area contributed by atoms with Gasteiger partial charge in [0.1, 0.15) is 0 Å². The molecule has 2 rings (SSSR count). The maximum atomic E-state index is 5.54. The molecule has 1 atom stereocenters. The van der Waals surface area contributed by atoms with Crippen LogP contribution in [-0.4, -0.2) is 19.3 Å². The van der Waals surface area contributed by atoms with Gasteiger partial charge in [0.15, 0.2) is 0 Å². The Balaban J connectivity index is 1.81. The number of hydrogen-bond donors (Lipinski definition) is 1. The smallest absolute Gasteiger partial charge is 0.0518 e. The topological polar surface area (TPSA) is 21.3 Å². The lowest BCUT2D eigenvalue weighted by Gasteiger charge is -2.12. The van der Waals surface area contributed by atoms with Gasteiger partial charge < -0.3 is 10.1 Å². The van der Waals surface area contributed by atoms with Gasteiger partial charge in [-0.1, -0.05) is 18.2 Å². The Hall–Kier alpha value is -0.900.